The van der Waals surface area contributed by atoms with Crippen LogP contribution in [0.3, 0.4) is 0 Å². The number of methoxy groups -OCH3 is 1. The van der Waals surface area contributed by atoms with Gasteiger partial charge in [0.1, 0.15) is 16.5 Å². The predicted octanol–water partition coefficient (Wildman–Crippen LogP) is 3.74. The molecule has 0 saturated carbocycles. The lowest BCUT2D eigenvalue weighted by Crippen LogP contribution is -2.03. The number of aromatic hydroxyl groups is 1. The van der Waals surface area contributed by atoms with Crippen LogP contribution in [0.2, 0.25) is 0 Å². The molecular weight excluding hydrogens is 298 g/mol. The zero-order valence-electron chi connectivity index (χ0n) is 12.3. The lowest BCUT2D eigenvalue weighted by molar-refractivity contribution is 0.0990. The summed E-state index contributed by atoms with van der Waals surface area (Å²) < 4.78 is 6.09. The molecule has 2 aromatic carbocycles. The summed E-state index contributed by atoms with van der Waals surface area (Å²) in [5.74, 6) is 0.295. The number of benzene rings is 2. The van der Waals surface area contributed by atoms with Gasteiger partial charge >= 0.3 is 0 Å². The van der Waals surface area contributed by atoms with Gasteiger partial charge in [-0.3, -0.25) is 4.79 Å². The van der Waals surface area contributed by atoms with Crippen LogP contribution in [-0.4, -0.2) is 23.0 Å². The molecule has 0 fully saturated rings. The lowest BCUT2D eigenvalue weighted by Gasteiger charge is -2.05. The van der Waals surface area contributed by atoms with Crippen LogP contribution in [0.15, 0.2) is 36.4 Å². The SMILES string of the molecule is COc1ccc(C(=O)Cc2nc3c(C)cccc3s2)c(O)c1. The third-order valence-corrected chi connectivity index (χ3v) is 4.50. The normalized spacial score (nSPS) is 10.8. The first-order chi connectivity index (χ1) is 10.6. The molecule has 4 nitrogen and oxygen atoms in total. The fourth-order valence-corrected chi connectivity index (χ4v) is 3.36. The van der Waals surface area contributed by atoms with Gasteiger partial charge in [0.05, 0.1) is 29.3 Å². The molecule has 3 rings (SSSR count). The molecule has 1 aromatic heterocycles. The summed E-state index contributed by atoms with van der Waals surface area (Å²) >= 11 is 1.51. The van der Waals surface area contributed by atoms with Crippen LogP contribution in [0, 0.1) is 6.92 Å². The number of fused-ring (bicyclic) bond motifs is 1. The van der Waals surface area contributed by atoms with E-state index in [2.05, 4.69) is 4.98 Å². The van der Waals surface area contributed by atoms with Gasteiger partial charge in [0.2, 0.25) is 0 Å². The molecular formula is C17H15NO3S. The molecule has 0 aliphatic rings. The van der Waals surface area contributed by atoms with Crippen LogP contribution in [0.25, 0.3) is 10.2 Å². The smallest absolute Gasteiger partial charge is 0.173 e. The van der Waals surface area contributed by atoms with Crippen LogP contribution in [-0.2, 0) is 6.42 Å². The second kappa shape index (κ2) is 5.77. The quantitative estimate of drug-likeness (QED) is 0.745. The van der Waals surface area contributed by atoms with Crippen molar-refractivity contribution in [2.45, 2.75) is 13.3 Å². The van der Waals surface area contributed by atoms with Crippen LogP contribution < -0.4 is 4.74 Å². The number of nitrogens with zero attached hydrogens (tertiary/aromatic N) is 1. The molecule has 3 aromatic rings. The van der Waals surface area contributed by atoms with Crippen molar-refractivity contribution in [1.29, 1.82) is 0 Å². The Kier molecular flexibility index (Phi) is 3.81. The monoisotopic (exact) mass is 313 g/mol. The van der Waals surface area contributed by atoms with Gasteiger partial charge in [-0.05, 0) is 30.7 Å². The van der Waals surface area contributed by atoms with Crippen molar-refractivity contribution >= 4 is 27.3 Å². The Morgan fingerprint density at radius 3 is 2.82 bits per heavy atom. The van der Waals surface area contributed by atoms with Gasteiger partial charge in [0, 0.05) is 6.07 Å². The van der Waals surface area contributed by atoms with E-state index in [9.17, 15) is 9.90 Å². The van der Waals surface area contributed by atoms with Crippen molar-refractivity contribution in [3.8, 4) is 11.5 Å². The number of phenols is 1. The average Bonchev–Trinajstić information content (AvgIpc) is 2.90. The Hall–Kier alpha value is -2.40. The van der Waals surface area contributed by atoms with Gasteiger partial charge in [-0.15, -0.1) is 11.3 Å². The largest absolute Gasteiger partial charge is 0.507 e. The molecule has 0 atom stereocenters. The zero-order chi connectivity index (χ0) is 15.7. The van der Waals surface area contributed by atoms with E-state index < -0.39 is 0 Å². The van der Waals surface area contributed by atoms with E-state index in [0.717, 1.165) is 20.8 Å². The zero-order valence-corrected chi connectivity index (χ0v) is 13.1. The highest BCUT2D eigenvalue weighted by atomic mass is 32.1. The molecule has 0 unspecified atom stereocenters. The molecule has 1 N–H and O–H groups in total. The number of Topliss-reactive ketones (excluding diaryl/α,β-unsaturated/α-hetero) is 1. The van der Waals surface area contributed by atoms with Gasteiger partial charge in [-0.1, -0.05) is 12.1 Å². The number of ketones is 1. The molecule has 0 spiro atoms. The lowest BCUT2D eigenvalue weighted by atomic mass is 10.1. The van der Waals surface area contributed by atoms with E-state index >= 15 is 0 Å². The maximum atomic E-state index is 12.4. The summed E-state index contributed by atoms with van der Waals surface area (Å²) in [6, 6.07) is 10.7. The number of hydrogen-bond donors (Lipinski definition) is 1. The summed E-state index contributed by atoms with van der Waals surface area (Å²) in [6.07, 6.45) is 0.179. The summed E-state index contributed by atoms with van der Waals surface area (Å²) in [5.41, 5.74) is 2.32. The molecule has 0 amide bonds. The molecule has 1 heterocycles. The molecule has 5 heteroatoms. The Labute approximate surface area is 132 Å². The Morgan fingerprint density at radius 2 is 2.14 bits per heavy atom. The van der Waals surface area contributed by atoms with Crippen LogP contribution in [0.5, 0.6) is 11.5 Å². The molecule has 22 heavy (non-hydrogen) atoms. The summed E-state index contributed by atoms with van der Waals surface area (Å²) in [4.78, 5) is 16.9. The van der Waals surface area contributed by atoms with E-state index in [-0.39, 0.29) is 23.5 Å². The first kappa shape index (κ1) is 14.5. The van der Waals surface area contributed by atoms with Crippen molar-refractivity contribution in [3.63, 3.8) is 0 Å². The Balaban J connectivity index is 1.88. The van der Waals surface area contributed by atoms with Crippen molar-refractivity contribution in [2.24, 2.45) is 0 Å². The van der Waals surface area contributed by atoms with Gasteiger partial charge in [0.25, 0.3) is 0 Å². The molecule has 0 aliphatic heterocycles. The number of phenolic OH excluding ortho intramolecular Hbond substituents is 1. The minimum atomic E-state index is -0.156. The minimum Gasteiger partial charge on any atom is -0.507 e. The number of carbonyl (C=O) groups is 1. The van der Waals surface area contributed by atoms with Crippen molar-refractivity contribution in [3.05, 3.63) is 52.5 Å². The number of thiazole rings is 1. The first-order valence-electron chi connectivity index (χ1n) is 6.83. The van der Waals surface area contributed by atoms with E-state index in [0.29, 0.717) is 5.75 Å². The predicted molar refractivity (Wildman–Crippen MR) is 87.1 cm³/mol. The molecule has 0 bridgehead atoms. The number of aromatic nitrogens is 1. The number of ether oxygens (including phenoxy) is 1. The maximum Gasteiger partial charge on any atom is 0.173 e. The molecule has 112 valence electrons. The van der Waals surface area contributed by atoms with Crippen LogP contribution in [0.4, 0.5) is 0 Å². The molecule has 0 saturated heterocycles. The third-order valence-electron chi connectivity index (χ3n) is 3.48. The molecule has 0 radical (unpaired) electrons. The molecule has 0 aliphatic carbocycles. The summed E-state index contributed by atoms with van der Waals surface area (Å²) in [6.45, 7) is 2.00. The second-order valence-corrected chi connectivity index (χ2v) is 6.13. The topological polar surface area (TPSA) is 59.4 Å². The number of para-hydroxylation sites is 1. The number of rotatable bonds is 4. The highest BCUT2D eigenvalue weighted by Crippen LogP contribution is 2.28. The van der Waals surface area contributed by atoms with Gasteiger partial charge < -0.3 is 9.84 Å². The average molecular weight is 313 g/mol. The van der Waals surface area contributed by atoms with Crippen molar-refractivity contribution < 1.29 is 14.6 Å². The fraction of sp³-hybridized carbons (Fsp3) is 0.176. The highest BCUT2D eigenvalue weighted by molar-refractivity contribution is 7.18. The standard InChI is InChI=1S/C17H15NO3S/c1-10-4-3-5-15-17(10)18-16(22-15)9-14(20)12-7-6-11(21-2)8-13(12)19/h3-8,19H,9H2,1-2H3. The first-order valence-corrected chi connectivity index (χ1v) is 7.65. The van der Waals surface area contributed by atoms with Gasteiger partial charge in [-0.25, -0.2) is 4.98 Å². The Morgan fingerprint density at radius 1 is 1.32 bits per heavy atom. The van der Waals surface area contributed by atoms with E-state index in [4.69, 9.17) is 4.74 Å². The van der Waals surface area contributed by atoms with Gasteiger partial charge in [0.15, 0.2) is 5.78 Å². The number of hydrogen-bond acceptors (Lipinski definition) is 5. The maximum absolute atomic E-state index is 12.4. The van der Waals surface area contributed by atoms with Gasteiger partial charge in [-0.2, -0.15) is 0 Å². The second-order valence-electron chi connectivity index (χ2n) is 5.01. The summed E-state index contributed by atoms with van der Waals surface area (Å²) in [5, 5.41) is 10.7. The minimum absolute atomic E-state index is 0.0679. The van der Waals surface area contributed by atoms with Crippen LogP contribution in [0.1, 0.15) is 20.9 Å². The van der Waals surface area contributed by atoms with Crippen molar-refractivity contribution in [2.75, 3.05) is 7.11 Å². The Bertz CT molecular complexity index is 854. The van der Waals surface area contributed by atoms with Crippen molar-refractivity contribution in [1.82, 2.24) is 4.98 Å². The van der Waals surface area contributed by atoms with E-state index in [1.807, 2.05) is 25.1 Å². The third kappa shape index (κ3) is 2.67. The highest BCUT2D eigenvalue weighted by Gasteiger charge is 2.15. The summed E-state index contributed by atoms with van der Waals surface area (Å²) in [7, 11) is 1.51. The van der Waals surface area contributed by atoms with E-state index in [1.165, 1.54) is 24.5 Å². The van der Waals surface area contributed by atoms with E-state index in [1.54, 1.807) is 12.1 Å². The number of carbonyl (C=O) groups excluding carboxylic acids is 1. The van der Waals surface area contributed by atoms with Crippen LogP contribution >= 0.6 is 11.3 Å². The number of aryl methyl sites for hydroxylation is 1. The fourth-order valence-electron chi connectivity index (χ4n) is 2.31.